The largest absolute Gasteiger partial charge is 0.349 e. The Balaban J connectivity index is 1.32. The third-order valence-electron chi connectivity index (χ3n) is 5.71. The van der Waals surface area contributed by atoms with Crippen molar-refractivity contribution in [3.63, 3.8) is 0 Å². The lowest BCUT2D eigenvalue weighted by molar-refractivity contribution is -0.136. The number of carbonyl (C=O) groups is 3. The molecule has 0 bridgehead atoms. The van der Waals surface area contributed by atoms with Gasteiger partial charge in [0.1, 0.15) is 6.04 Å². The molecule has 1 aromatic carbocycles. The van der Waals surface area contributed by atoms with Crippen LogP contribution in [0.1, 0.15) is 45.7 Å². The molecule has 0 saturated carbocycles. The number of hydrogen-bond acceptors (Lipinski definition) is 4. The van der Waals surface area contributed by atoms with Crippen molar-refractivity contribution in [2.24, 2.45) is 0 Å². The van der Waals surface area contributed by atoms with Crippen LogP contribution in [0, 0.1) is 0 Å². The minimum absolute atomic E-state index is 0.0409. The number of nitrogens with zero attached hydrogens (tertiary/aromatic N) is 2. The summed E-state index contributed by atoms with van der Waals surface area (Å²) in [6, 6.07) is 12.6. The van der Waals surface area contributed by atoms with Gasteiger partial charge in [0.15, 0.2) is 0 Å². The maximum atomic E-state index is 13.1. The van der Waals surface area contributed by atoms with Crippen LogP contribution in [0.4, 0.5) is 0 Å². The first kappa shape index (κ1) is 19.6. The van der Waals surface area contributed by atoms with E-state index < -0.39 is 0 Å². The molecule has 2 aliphatic heterocycles. The summed E-state index contributed by atoms with van der Waals surface area (Å²) in [5.41, 5.74) is 0.652. The summed E-state index contributed by atoms with van der Waals surface area (Å²) < 4.78 is 0. The molecule has 1 atom stereocenters. The van der Waals surface area contributed by atoms with Gasteiger partial charge in [0.2, 0.25) is 5.91 Å². The number of amides is 3. The molecule has 7 heteroatoms. The van der Waals surface area contributed by atoms with E-state index in [4.69, 9.17) is 0 Å². The molecule has 2 fully saturated rings. The highest BCUT2D eigenvalue weighted by Gasteiger charge is 2.38. The Labute approximate surface area is 174 Å². The van der Waals surface area contributed by atoms with Crippen molar-refractivity contribution in [3.05, 3.63) is 58.3 Å². The molecule has 0 aliphatic carbocycles. The van der Waals surface area contributed by atoms with E-state index in [1.54, 1.807) is 17.0 Å². The number of likely N-dealkylation sites (tertiary alicyclic amines) is 2. The van der Waals surface area contributed by atoms with Gasteiger partial charge in [-0.05, 0) is 49.3 Å². The van der Waals surface area contributed by atoms with Crippen molar-refractivity contribution in [2.45, 2.75) is 37.8 Å². The lowest BCUT2D eigenvalue weighted by atomic mass is 10.0. The highest BCUT2D eigenvalue weighted by atomic mass is 32.1. The van der Waals surface area contributed by atoms with Gasteiger partial charge in [0.25, 0.3) is 11.8 Å². The maximum absolute atomic E-state index is 13.1. The van der Waals surface area contributed by atoms with E-state index in [9.17, 15) is 14.4 Å². The smallest absolute Gasteiger partial charge is 0.264 e. The van der Waals surface area contributed by atoms with Crippen LogP contribution in [0.5, 0.6) is 0 Å². The van der Waals surface area contributed by atoms with Crippen molar-refractivity contribution in [2.75, 3.05) is 19.6 Å². The van der Waals surface area contributed by atoms with Gasteiger partial charge in [-0.1, -0.05) is 24.3 Å². The number of rotatable bonds is 4. The van der Waals surface area contributed by atoms with E-state index >= 15 is 0 Å². The van der Waals surface area contributed by atoms with Gasteiger partial charge in [-0.25, -0.2) is 0 Å². The molecular weight excluding hydrogens is 386 g/mol. The van der Waals surface area contributed by atoms with Gasteiger partial charge < -0.3 is 15.1 Å². The van der Waals surface area contributed by atoms with Crippen molar-refractivity contribution < 1.29 is 14.4 Å². The predicted molar refractivity (Wildman–Crippen MR) is 112 cm³/mol. The Bertz CT molecular complexity index is 861. The molecule has 2 aromatic rings. The van der Waals surface area contributed by atoms with Crippen LogP contribution in [0.2, 0.25) is 0 Å². The molecule has 0 spiro atoms. The highest BCUT2D eigenvalue weighted by molar-refractivity contribution is 7.12. The number of nitrogens with one attached hydrogen (secondary N) is 1. The van der Waals surface area contributed by atoms with Gasteiger partial charge >= 0.3 is 0 Å². The fourth-order valence-corrected chi connectivity index (χ4v) is 4.80. The molecule has 152 valence electrons. The molecule has 3 heterocycles. The molecule has 2 saturated heterocycles. The van der Waals surface area contributed by atoms with Gasteiger partial charge in [-0.2, -0.15) is 0 Å². The second-order valence-electron chi connectivity index (χ2n) is 7.57. The first-order chi connectivity index (χ1) is 14.1. The minimum Gasteiger partial charge on any atom is -0.349 e. The van der Waals surface area contributed by atoms with Gasteiger partial charge in [0.05, 0.1) is 4.88 Å². The number of carbonyl (C=O) groups excluding carboxylic acids is 3. The average Bonchev–Trinajstić information content (AvgIpc) is 3.46. The number of piperidine rings is 1. The predicted octanol–water partition coefficient (Wildman–Crippen LogP) is 2.77. The Morgan fingerprint density at radius 2 is 1.69 bits per heavy atom. The molecule has 0 unspecified atom stereocenters. The summed E-state index contributed by atoms with van der Waals surface area (Å²) in [7, 11) is 0. The van der Waals surface area contributed by atoms with E-state index in [0.717, 1.165) is 25.7 Å². The molecular formula is C22H25N3O3S. The van der Waals surface area contributed by atoms with Crippen LogP contribution >= 0.6 is 11.3 Å². The number of benzene rings is 1. The van der Waals surface area contributed by atoms with Crippen LogP contribution in [0.25, 0.3) is 0 Å². The molecule has 3 amide bonds. The van der Waals surface area contributed by atoms with E-state index in [1.807, 2.05) is 40.6 Å². The second-order valence-corrected chi connectivity index (χ2v) is 8.52. The summed E-state index contributed by atoms with van der Waals surface area (Å²) in [6.45, 7) is 1.85. The van der Waals surface area contributed by atoms with E-state index in [2.05, 4.69) is 5.32 Å². The van der Waals surface area contributed by atoms with Gasteiger partial charge in [-0.3, -0.25) is 14.4 Å². The Morgan fingerprint density at radius 1 is 0.931 bits per heavy atom. The SMILES string of the molecule is O=C(NC1CCN(C(=O)[C@@H]2CCCN2C(=O)c2cccs2)CC1)c1ccccc1. The number of thiophene rings is 1. The van der Waals surface area contributed by atoms with Crippen LogP contribution in [0.15, 0.2) is 47.8 Å². The minimum atomic E-state index is -0.361. The van der Waals surface area contributed by atoms with E-state index in [1.165, 1.54) is 11.3 Å². The topological polar surface area (TPSA) is 69.7 Å². The van der Waals surface area contributed by atoms with Crippen LogP contribution in [0.3, 0.4) is 0 Å². The van der Waals surface area contributed by atoms with Crippen molar-refractivity contribution in [3.8, 4) is 0 Å². The lowest BCUT2D eigenvalue weighted by Gasteiger charge is -2.35. The summed E-state index contributed by atoms with van der Waals surface area (Å²) in [6.07, 6.45) is 3.05. The standard InChI is InChI=1S/C22H25N3O3S/c26-20(16-6-2-1-3-7-16)23-17-10-13-24(14-11-17)21(27)18-8-4-12-25(18)22(28)19-9-5-15-29-19/h1-3,5-7,9,15,17-18H,4,8,10-14H2,(H,23,26)/t18-/m0/s1. The molecule has 6 nitrogen and oxygen atoms in total. The zero-order valence-electron chi connectivity index (χ0n) is 16.3. The van der Waals surface area contributed by atoms with Crippen LogP contribution < -0.4 is 5.32 Å². The molecule has 1 aromatic heterocycles. The normalized spacial score (nSPS) is 19.9. The number of hydrogen-bond donors (Lipinski definition) is 1. The molecule has 2 aliphatic rings. The summed E-state index contributed by atoms with van der Waals surface area (Å²) in [4.78, 5) is 42.4. The fraction of sp³-hybridized carbons (Fsp3) is 0.409. The third kappa shape index (κ3) is 4.34. The first-order valence-electron chi connectivity index (χ1n) is 10.1. The first-order valence-corrected chi connectivity index (χ1v) is 11.0. The highest BCUT2D eigenvalue weighted by Crippen LogP contribution is 2.25. The molecule has 1 N–H and O–H groups in total. The Hall–Kier alpha value is -2.67. The molecule has 29 heavy (non-hydrogen) atoms. The van der Waals surface area contributed by atoms with Crippen LogP contribution in [-0.4, -0.2) is 59.2 Å². The lowest BCUT2D eigenvalue weighted by Crippen LogP contribution is -2.52. The molecule has 4 rings (SSSR count). The Kier molecular flexibility index (Phi) is 5.94. The zero-order valence-corrected chi connectivity index (χ0v) is 17.1. The molecule has 0 radical (unpaired) electrons. The Morgan fingerprint density at radius 3 is 2.38 bits per heavy atom. The summed E-state index contributed by atoms with van der Waals surface area (Å²) in [5, 5.41) is 4.95. The monoisotopic (exact) mass is 411 g/mol. The average molecular weight is 412 g/mol. The summed E-state index contributed by atoms with van der Waals surface area (Å²) in [5.74, 6) is -0.0695. The van der Waals surface area contributed by atoms with Crippen molar-refractivity contribution >= 4 is 29.1 Å². The van der Waals surface area contributed by atoms with Crippen molar-refractivity contribution in [1.82, 2.24) is 15.1 Å². The van der Waals surface area contributed by atoms with Gasteiger partial charge in [-0.15, -0.1) is 11.3 Å². The quantitative estimate of drug-likeness (QED) is 0.841. The zero-order chi connectivity index (χ0) is 20.2. The van der Waals surface area contributed by atoms with E-state index in [0.29, 0.717) is 30.1 Å². The van der Waals surface area contributed by atoms with Gasteiger partial charge in [0, 0.05) is 31.2 Å². The second kappa shape index (κ2) is 8.78. The van der Waals surface area contributed by atoms with E-state index in [-0.39, 0.29) is 29.8 Å². The van der Waals surface area contributed by atoms with Crippen molar-refractivity contribution in [1.29, 1.82) is 0 Å². The fourth-order valence-electron chi connectivity index (χ4n) is 4.12. The third-order valence-corrected chi connectivity index (χ3v) is 6.57. The maximum Gasteiger partial charge on any atom is 0.264 e. The van der Waals surface area contributed by atoms with Crippen LogP contribution in [-0.2, 0) is 4.79 Å². The summed E-state index contributed by atoms with van der Waals surface area (Å²) >= 11 is 1.41.